The van der Waals surface area contributed by atoms with Gasteiger partial charge < -0.3 is 20.1 Å². The zero-order chi connectivity index (χ0) is 27.7. The van der Waals surface area contributed by atoms with Crippen LogP contribution in [0.4, 0.5) is 20.3 Å². The lowest BCUT2D eigenvalue weighted by Crippen LogP contribution is -2.36. The molecule has 39 heavy (non-hydrogen) atoms. The first kappa shape index (κ1) is 26.7. The number of aromatic amines is 1. The highest BCUT2D eigenvalue weighted by Gasteiger charge is 2.32. The number of carbonyl (C=O) groups excluding carboxylic acids is 2. The van der Waals surface area contributed by atoms with Crippen LogP contribution in [0, 0.1) is 11.6 Å². The standard InChI is InChI=1S/C25H25F2N5O6S/c1-37-16-4-5-18(21(12-16)28-25(34)22-3-2-8-38-22)24(33)29-23-19-13-32(7-6-20(19)30-31-23)39(35,36)17-10-14(26)9-15(27)11-17/h4-5,9-12,22H,2-3,6-8,13H2,1H3,(H,28,34)(H2,29,30,31,33)/t22-/m1/s1. The molecule has 0 bridgehead atoms. The molecule has 1 fully saturated rings. The van der Waals surface area contributed by atoms with E-state index < -0.39 is 38.6 Å². The summed E-state index contributed by atoms with van der Waals surface area (Å²) < 4.78 is 65.3. The summed E-state index contributed by atoms with van der Waals surface area (Å²) in [4.78, 5) is 25.4. The number of nitrogens with zero attached hydrogens (tertiary/aromatic N) is 2. The molecule has 2 aromatic carbocycles. The van der Waals surface area contributed by atoms with Gasteiger partial charge in [-0.15, -0.1) is 0 Å². The third-order valence-electron chi connectivity index (χ3n) is 6.56. The first-order chi connectivity index (χ1) is 18.7. The third-order valence-corrected chi connectivity index (χ3v) is 8.38. The zero-order valence-electron chi connectivity index (χ0n) is 20.8. The molecule has 2 aliphatic rings. The monoisotopic (exact) mass is 561 g/mol. The van der Waals surface area contributed by atoms with E-state index in [0.717, 1.165) is 22.9 Å². The molecule has 206 valence electrons. The summed E-state index contributed by atoms with van der Waals surface area (Å²) in [5, 5.41) is 12.3. The third kappa shape index (κ3) is 5.48. The van der Waals surface area contributed by atoms with Crippen molar-refractivity contribution < 1.29 is 36.3 Å². The molecule has 2 amide bonds. The molecular formula is C25H25F2N5O6S. The van der Waals surface area contributed by atoms with Crippen LogP contribution in [0.25, 0.3) is 0 Å². The number of halogens is 2. The number of hydrogen-bond donors (Lipinski definition) is 3. The molecule has 14 heteroatoms. The fourth-order valence-corrected chi connectivity index (χ4v) is 5.98. The number of methoxy groups -OCH3 is 1. The van der Waals surface area contributed by atoms with Gasteiger partial charge >= 0.3 is 0 Å². The molecule has 5 rings (SSSR count). The van der Waals surface area contributed by atoms with E-state index in [9.17, 15) is 26.8 Å². The van der Waals surface area contributed by atoms with Gasteiger partial charge in [0.25, 0.3) is 11.8 Å². The Morgan fingerprint density at radius 2 is 1.92 bits per heavy atom. The number of H-pyrrole nitrogens is 1. The Labute approximate surface area is 222 Å². The lowest BCUT2D eigenvalue weighted by atomic mass is 10.1. The lowest BCUT2D eigenvalue weighted by Gasteiger charge is -2.26. The molecule has 1 saturated heterocycles. The van der Waals surface area contributed by atoms with Crippen LogP contribution >= 0.6 is 0 Å². The van der Waals surface area contributed by atoms with E-state index in [1.807, 2.05) is 0 Å². The number of anilines is 2. The number of aromatic nitrogens is 2. The Morgan fingerprint density at radius 3 is 2.62 bits per heavy atom. The van der Waals surface area contributed by atoms with Gasteiger partial charge in [0.1, 0.15) is 23.5 Å². The molecule has 0 radical (unpaired) electrons. The maximum absolute atomic E-state index is 13.7. The number of rotatable bonds is 7. The van der Waals surface area contributed by atoms with Crippen molar-refractivity contribution in [2.45, 2.75) is 36.8 Å². The predicted octanol–water partition coefficient (Wildman–Crippen LogP) is 2.81. The SMILES string of the molecule is COc1ccc(C(=O)Nc2n[nH]c3c2CN(S(=O)(=O)c2cc(F)cc(F)c2)CC3)c(NC(=O)[C@H]2CCCO2)c1. The Morgan fingerprint density at radius 1 is 1.15 bits per heavy atom. The second-order valence-electron chi connectivity index (χ2n) is 9.08. The van der Waals surface area contributed by atoms with Gasteiger partial charge in [-0.25, -0.2) is 17.2 Å². The zero-order valence-corrected chi connectivity index (χ0v) is 21.6. The summed E-state index contributed by atoms with van der Waals surface area (Å²) in [5.74, 6) is -2.51. The van der Waals surface area contributed by atoms with Gasteiger partial charge in [0.15, 0.2) is 5.82 Å². The van der Waals surface area contributed by atoms with Crippen molar-refractivity contribution in [3.05, 3.63) is 64.9 Å². The summed E-state index contributed by atoms with van der Waals surface area (Å²) in [7, 11) is -2.78. The van der Waals surface area contributed by atoms with Gasteiger partial charge in [-0.05, 0) is 37.1 Å². The molecule has 3 aromatic rings. The van der Waals surface area contributed by atoms with Gasteiger partial charge in [-0.3, -0.25) is 14.7 Å². The average molecular weight is 562 g/mol. The fraction of sp³-hybridized carbons (Fsp3) is 0.320. The molecule has 1 aromatic heterocycles. The summed E-state index contributed by atoms with van der Waals surface area (Å²) in [6, 6.07) is 6.64. The van der Waals surface area contributed by atoms with Crippen molar-refractivity contribution in [1.29, 1.82) is 0 Å². The first-order valence-corrected chi connectivity index (χ1v) is 13.5. The molecule has 0 unspecified atom stereocenters. The van der Waals surface area contributed by atoms with Gasteiger partial charge in [-0.2, -0.15) is 9.40 Å². The average Bonchev–Trinajstić information content (AvgIpc) is 3.58. The maximum Gasteiger partial charge on any atom is 0.258 e. The minimum Gasteiger partial charge on any atom is -0.497 e. The maximum atomic E-state index is 13.7. The van der Waals surface area contributed by atoms with Crippen LogP contribution in [-0.2, 0) is 32.5 Å². The largest absolute Gasteiger partial charge is 0.497 e. The number of ether oxygens (including phenoxy) is 2. The highest BCUT2D eigenvalue weighted by Crippen LogP contribution is 2.30. The van der Waals surface area contributed by atoms with Crippen LogP contribution < -0.4 is 15.4 Å². The molecule has 0 saturated carbocycles. The number of carbonyl (C=O) groups is 2. The Bertz CT molecular complexity index is 1520. The second-order valence-corrected chi connectivity index (χ2v) is 11.0. The number of benzene rings is 2. The van der Waals surface area contributed by atoms with E-state index in [2.05, 4.69) is 20.8 Å². The smallest absolute Gasteiger partial charge is 0.258 e. The van der Waals surface area contributed by atoms with Crippen molar-refractivity contribution in [3.8, 4) is 5.75 Å². The van der Waals surface area contributed by atoms with Crippen molar-refractivity contribution in [3.63, 3.8) is 0 Å². The van der Waals surface area contributed by atoms with Crippen LogP contribution in [0.5, 0.6) is 5.75 Å². The number of nitrogens with one attached hydrogen (secondary N) is 3. The molecule has 1 atom stereocenters. The van der Waals surface area contributed by atoms with Gasteiger partial charge in [-0.1, -0.05) is 0 Å². The van der Waals surface area contributed by atoms with Crippen LogP contribution in [0.3, 0.4) is 0 Å². The van der Waals surface area contributed by atoms with E-state index in [0.29, 0.717) is 36.1 Å². The van der Waals surface area contributed by atoms with Crippen molar-refractivity contribution in [2.24, 2.45) is 0 Å². The van der Waals surface area contributed by atoms with Crippen LogP contribution in [0.2, 0.25) is 0 Å². The van der Waals surface area contributed by atoms with Crippen LogP contribution in [0.15, 0.2) is 41.3 Å². The number of fused-ring (bicyclic) bond motifs is 1. The Kier molecular flexibility index (Phi) is 7.34. The quantitative estimate of drug-likeness (QED) is 0.403. The van der Waals surface area contributed by atoms with Crippen LogP contribution in [0.1, 0.15) is 34.5 Å². The lowest BCUT2D eigenvalue weighted by molar-refractivity contribution is -0.124. The fourth-order valence-electron chi connectivity index (χ4n) is 4.53. The molecule has 3 N–H and O–H groups in total. The molecule has 3 heterocycles. The predicted molar refractivity (Wildman–Crippen MR) is 135 cm³/mol. The minimum absolute atomic E-state index is 0.0426. The number of hydrogen-bond acceptors (Lipinski definition) is 7. The van der Waals surface area contributed by atoms with E-state index in [1.54, 1.807) is 6.07 Å². The second kappa shape index (κ2) is 10.7. The van der Waals surface area contributed by atoms with Crippen LogP contribution in [-0.4, -0.2) is 61.1 Å². The van der Waals surface area contributed by atoms with Gasteiger partial charge in [0.2, 0.25) is 10.0 Å². The molecule has 11 nitrogen and oxygen atoms in total. The molecule has 0 aliphatic carbocycles. The van der Waals surface area contributed by atoms with E-state index in [1.165, 1.54) is 19.2 Å². The topological polar surface area (TPSA) is 143 Å². The Hall–Kier alpha value is -3.88. The Balaban J connectivity index is 1.38. The van der Waals surface area contributed by atoms with Crippen molar-refractivity contribution in [2.75, 3.05) is 30.9 Å². The molecule has 2 aliphatic heterocycles. The minimum atomic E-state index is -4.24. The summed E-state index contributed by atoms with van der Waals surface area (Å²) >= 11 is 0. The molecular weight excluding hydrogens is 536 g/mol. The first-order valence-electron chi connectivity index (χ1n) is 12.1. The van der Waals surface area contributed by atoms with Gasteiger partial charge in [0.05, 0.1) is 23.3 Å². The molecule has 0 spiro atoms. The van der Waals surface area contributed by atoms with E-state index >= 15 is 0 Å². The highest BCUT2D eigenvalue weighted by molar-refractivity contribution is 7.89. The summed E-state index contributed by atoms with van der Waals surface area (Å²) in [6.45, 7) is 0.336. The summed E-state index contributed by atoms with van der Waals surface area (Å²) in [5.41, 5.74) is 1.35. The number of amides is 2. The highest BCUT2D eigenvalue weighted by atomic mass is 32.2. The van der Waals surface area contributed by atoms with E-state index in [4.69, 9.17) is 9.47 Å². The van der Waals surface area contributed by atoms with Crippen molar-refractivity contribution >= 4 is 33.3 Å². The van der Waals surface area contributed by atoms with Gasteiger partial charge in [0, 0.05) is 49.5 Å². The number of sulfonamides is 1. The van der Waals surface area contributed by atoms with E-state index in [-0.39, 0.29) is 42.5 Å². The normalized spacial score (nSPS) is 17.5. The summed E-state index contributed by atoms with van der Waals surface area (Å²) in [6.07, 6.45) is 0.943. The van der Waals surface area contributed by atoms with Crippen molar-refractivity contribution in [1.82, 2.24) is 14.5 Å².